The molecule has 0 aliphatic heterocycles. The summed E-state index contributed by atoms with van der Waals surface area (Å²) >= 11 is 0. The first-order valence-corrected chi connectivity index (χ1v) is 11.5. The van der Waals surface area contributed by atoms with Crippen LogP contribution in [0, 0.1) is 5.92 Å². The maximum absolute atomic E-state index is 11.1. The molecule has 1 amide bonds. The highest BCUT2D eigenvalue weighted by molar-refractivity contribution is 5.90. The average Bonchev–Trinajstić information content (AvgIpc) is 3.38. The molecule has 1 fully saturated rings. The van der Waals surface area contributed by atoms with Gasteiger partial charge in [0.05, 0.1) is 13.2 Å². The van der Waals surface area contributed by atoms with Crippen LogP contribution < -0.4 is 21.1 Å². The molecule has 11 heteroatoms. The van der Waals surface area contributed by atoms with Crippen molar-refractivity contribution in [2.45, 2.75) is 32.2 Å². The highest BCUT2D eigenvalue weighted by Gasteiger charge is 2.21. The molecule has 0 spiro atoms. The summed E-state index contributed by atoms with van der Waals surface area (Å²) in [7, 11) is 0. The van der Waals surface area contributed by atoms with Crippen LogP contribution in [0.1, 0.15) is 40.3 Å². The van der Waals surface area contributed by atoms with Crippen LogP contribution in [0.15, 0.2) is 53.2 Å². The number of H-pyrrole nitrogens is 1. The van der Waals surface area contributed by atoms with E-state index in [-0.39, 0.29) is 12.2 Å². The van der Waals surface area contributed by atoms with Gasteiger partial charge in [-0.2, -0.15) is 10.1 Å². The predicted molar refractivity (Wildman–Crippen MR) is 128 cm³/mol. The summed E-state index contributed by atoms with van der Waals surface area (Å²) in [6, 6.07) is 13.5. The van der Waals surface area contributed by atoms with Gasteiger partial charge in [-0.25, -0.2) is 4.98 Å². The van der Waals surface area contributed by atoms with Crippen LogP contribution in [0.2, 0.25) is 0 Å². The molecular weight excluding hydrogens is 448 g/mol. The molecule has 3 aromatic heterocycles. The Hall–Kier alpha value is -4.41. The number of aromatic amines is 1. The Labute approximate surface area is 201 Å². The highest BCUT2D eigenvalue weighted by Crippen LogP contribution is 2.29. The Morgan fingerprint density at radius 1 is 1.17 bits per heavy atom. The van der Waals surface area contributed by atoms with Crippen LogP contribution in [-0.4, -0.2) is 37.8 Å². The summed E-state index contributed by atoms with van der Waals surface area (Å²) in [6.45, 7) is 1.07. The third kappa shape index (κ3) is 6.34. The van der Waals surface area contributed by atoms with Crippen LogP contribution in [0.25, 0.3) is 0 Å². The second kappa shape index (κ2) is 10.2. The number of primary amides is 1. The van der Waals surface area contributed by atoms with E-state index in [2.05, 4.69) is 48.1 Å². The molecule has 1 aromatic carbocycles. The van der Waals surface area contributed by atoms with Gasteiger partial charge in [0.1, 0.15) is 11.6 Å². The quantitative estimate of drug-likeness (QED) is 0.242. The van der Waals surface area contributed by atoms with Gasteiger partial charge < -0.3 is 25.6 Å². The third-order valence-corrected chi connectivity index (χ3v) is 5.54. The molecule has 0 atom stereocenters. The molecule has 0 saturated heterocycles. The van der Waals surface area contributed by atoms with Gasteiger partial charge in [0.15, 0.2) is 17.3 Å². The van der Waals surface area contributed by atoms with E-state index in [1.54, 1.807) is 12.3 Å². The number of anilines is 3. The molecule has 0 unspecified atom stereocenters. The second-order valence-corrected chi connectivity index (χ2v) is 8.47. The zero-order valence-corrected chi connectivity index (χ0v) is 19.0. The van der Waals surface area contributed by atoms with E-state index < -0.39 is 5.91 Å². The van der Waals surface area contributed by atoms with Gasteiger partial charge in [-0.3, -0.25) is 9.89 Å². The number of ether oxygens (including phenoxy) is 1. The topological polar surface area (TPSA) is 157 Å². The minimum Gasteiger partial charge on any atom is -0.493 e. The SMILES string of the molecule is NC(=O)c1cc(CNc2nccc(Nc3cc(CCc4cccc(OCC5CC5)c4)[nH]n3)n2)on1. The molecule has 0 bridgehead atoms. The van der Waals surface area contributed by atoms with E-state index in [1.165, 1.54) is 24.5 Å². The first kappa shape index (κ1) is 22.4. The zero-order chi connectivity index (χ0) is 24.0. The number of hydrogen-bond donors (Lipinski definition) is 4. The van der Waals surface area contributed by atoms with E-state index in [4.69, 9.17) is 15.0 Å². The summed E-state index contributed by atoms with van der Waals surface area (Å²) in [5, 5.41) is 17.2. The van der Waals surface area contributed by atoms with E-state index in [1.807, 2.05) is 18.2 Å². The number of carbonyl (C=O) groups is 1. The lowest BCUT2D eigenvalue weighted by Crippen LogP contribution is -2.10. The minimum absolute atomic E-state index is 0.0714. The van der Waals surface area contributed by atoms with Crippen LogP contribution in [0.3, 0.4) is 0 Å². The predicted octanol–water partition coefficient (Wildman–Crippen LogP) is 3.22. The van der Waals surface area contributed by atoms with Gasteiger partial charge in [0.2, 0.25) is 5.95 Å². The lowest BCUT2D eigenvalue weighted by Gasteiger charge is -2.07. The van der Waals surface area contributed by atoms with Gasteiger partial charge in [-0.1, -0.05) is 17.3 Å². The number of nitrogens with zero attached hydrogens (tertiary/aromatic N) is 4. The number of rotatable bonds is 12. The molecule has 1 saturated carbocycles. The number of nitrogens with one attached hydrogen (secondary N) is 3. The number of benzene rings is 1. The van der Waals surface area contributed by atoms with E-state index >= 15 is 0 Å². The lowest BCUT2D eigenvalue weighted by atomic mass is 10.1. The zero-order valence-electron chi connectivity index (χ0n) is 19.0. The maximum atomic E-state index is 11.1. The Morgan fingerprint density at radius 2 is 2.09 bits per heavy atom. The summed E-state index contributed by atoms with van der Waals surface area (Å²) in [4.78, 5) is 19.7. The fourth-order valence-corrected chi connectivity index (χ4v) is 3.45. The van der Waals surface area contributed by atoms with Crippen LogP contribution in [0.5, 0.6) is 5.75 Å². The number of carbonyl (C=O) groups excluding carboxylic acids is 1. The summed E-state index contributed by atoms with van der Waals surface area (Å²) in [5.41, 5.74) is 7.49. The number of hydrogen-bond acceptors (Lipinski definition) is 9. The van der Waals surface area contributed by atoms with Gasteiger partial charge in [0.25, 0.3) is 5.91 Å². The van der Waals surface area contributed by atoms with E-state index in [9.17, 15) is 4.79 Å². The van der Waals surface area contributed by atoms with Gasteiger partial charge in [-0.05, 0) is 55.4 Å². The largest absolute Gasteiger partial charge is 0.493 e. The number of nitrogens with two attached hydrogens (primary N) is 1. The molecule has 5 rings (SSSR count). The van der Waals surface area contributed by atoms with Crippen molar-refractivity contribution in [3.05, 3.63) is 71.4 Å². The van der Waals surface area contributed by atoms with Gasteiger partial charge in [-0.15, -0.1) is 0 Å². The molecule has 4 aromatic rings. The van der Waals surface area contributed by atoms with Crippen molar-refractivity contribution >= 4 is 23.5 Å². The number of amides is 1. The van der Waals surface area contributed by atoms with E-state index in [0.717, 1.165) is 36.8 Å². The highest BCUT2D eigenvalue weighted by atomic mass is 16.5. The van der Waals surface area contributed by atoms with Crippen molar-refractivity contribution in [2.75, 3.05) is 17.2 Å². The summed E-state index contributed by atoms with van der Waals surface area (Å²) in [6.07, 6.45) is 5.89. The Morgan fingerprint density at radius 3 is 2.91 bits per heavy atom. The molecular formula is C24H26N8O3. The van der Waals surface area contributed by atoms with Crippen molar-refractivity contribution in [3.8, 4) is 5.75 Å². The van der Waals surface area contributed by atoms with Crippen molar-refractivity contribution in [3.63, 3.8) is 0 Å². The van der Waals surface area contributed by atoms with Crippen molar-refractivity contribution in [2.24, 2.45) is 11.7 Å². The molecule has 3 heterocycles. The Kier molecular flexibility index (Phi) is 6.55. The second-order valence-electron chi connectivity index (χ2n) is 8.47. The maximum Gasteiger partial charge on any atom is 0.270 e. The third-order valence-electron chi connectivity index (χ3n) is 5.54. The summed E-state index contributed by atoms with van der Waals surface area (Å²) < 4.78 is 10.9. The monoisotopic (exact) mass is 474 g/mol. The first-order chi connectivity index (χ1) is 17.1. The number of aryl methyl sites for hydroxylation is 2. The molecule has 1 aliphatic rings. The van der Waals surface area contributed by atoms with Gasteiger partial charge >= 0.3 is 0 Å². The van der Waals surface area contributed by atoms with Crippen LogP contribution in [0.4, 0.5) is 17.6 Å². The molecule has 1 aliphatic carbocycles. The lowest BCUT2D eigenvalue weighted by molar-refractivity contribution is 0.0991. The molecule has 180 valence electrons. The Balaban J connectivity index is 1.12. The molecule has 5 N–H and O–H groups in total. The molecule has 11 nitrogen and oxygen atoms in total. The fourth-order valence-electron chi connectivity index (χ4n) is 3.45. The number of aromatic nitrogens is 5. The standard InChI is InChI=1S/C24H26N8O3/c25-23(33)20-12-19(35-32-20)13-27-24-26-9-8-21(29-24)28-22-11-17(30-31-22)7-6-15-2-1-3-18(10-15)34-14-16-4-5-16/h1-3,8-12,16H,4-7,13-14H2,(H2,25,33)(H3,26,27,28,29,30,31). The van der Waals surface area contributed by atoms with Crippen LogP contribution in [-0.2, 0) is 19.4 Å². The molecule has 0 radical (unpaired) electrons. The van der Waals surface area contributed by atoms with Crippen LogP contribution >= 0.6 is 0 Å². The average molecular weight is 475 g/mol. The minimum atomic E-state index is -0.646. The normalized spacial score (nSPS) is 12.9. The fraction of sp³-hybridized carbons (Fsp3) is 0.292. The summed E-state index contributed by atoms with van der Waals surface area (Å²) in [5.74, 6) is 3.09. The Bertz CT molecular complexity index is 1300. The van der Waals surface area contributed by atoms with Crippen molar-refractivity contribution < 1.29 is 14.1 Å². The molecule has 35 heavy (non-hydrogen) atoms. The first-order valence-electron chi connectivity index (χ1n) is 11.5. The van der Waals surface area contributed by atoms with Crippen molar-refractivity contribution in [1.29, 1.82) is 0 Å². The van der Waals surface area contributed by atoms with Gasteiger partial charge in [0, 0.05) is 24.0 Å². The van der Waals surface area contributed by atoms with E-state index in [0.29, 0.717) is 23.3 Å². The smallest absolute Gasteiger partial charge is 0.270 e. The van der Waals surface area contributed by atoms with Crippen molar-refractivity contribution in [1.82, 2.24) is 25.3 Å².